The molecular formula is C21H25NO. The van der Waals surface area contributed by atoms with Gasteiger partial charge < -0.3 is 9.64 Å². The number of ether oxygens (including phenoxy) is 1. The van der Waals surface area contributed by atoms with Gasteiger partial charge in [0, 0.05) is 16.2 Å². The molecule has 0 spiro atoms. The van der Waals surface area contributed by atoms with Gasteiger partial charge in [0.2, 0.25) is 0 Å². The molecule has 3 atom stereocenters. The highest BCUT2D eigenvalue weighted by Gasteiger charge is 2.39. The molecule has 120 valence electrons. The van der Waals surface area contributed by atoms with Crippen LogP contribution >= 0.6 is 0 Å². The van der Waals surface area contributed by atoms with Crippen molar-refractivity contribution < 1.29 is 8.85 Å². The van der Waals surface area contributed by atoms with E-state index in [2.05, 4.69) is 24.3 Å². The van der Waals surface area contributed by atoms with Crippen LogP contribution < -0.4 is 0 Å². The van der Waals surface area contributed by atoms with Crippen molar-refractivity contribution in [1.29, 1.82) is 0 Å². The fourth-order valence-corrected chi connectivity index (χ4v) is 4.04. The standard InChI is InChI=1S/C21H25NO/c1-22-18-12-13-19(22)15-20(14-18)23-21(16-8-4-2-5-9-16)17-10-6-3-7-11-17/h2-11,18-21H,12-15H2,1H3/t18-,19+,20?/i1+1D3. The van der Waals surface area contributed by atoms with Gasteiger partial charge in [0.05, 0.1) is 6.10 Å². The van der Waals surface area contributed by atoms with Crippen LogP contribution in [0.25, 0.3) is 0 Å². The largest absolute Gasteiger partial charge is 0.365 e. The lowest BCUT2D eigenvalue weighted by Gasteiger charge is -2.38. The number of piperidine rings is 1. The molecule has 2 fully saturated rings. The van der Waals surface area contributed by atoms with Crippen LogP contribution in [0.5, 0.6) is 0 Å². The summed E-state index contributed by atoms with van der Waals surface area (Å²) in [5.41, 5.74) is 2.29. The molecule has 23 heavy (non-hydrogen) atoms. The van der Waals surface area contributed by atoms with Crippen molar-refractivity contribution in [3.05, 3.63) is 71.8 Å². The van der Waals surface area contributed by atoms with E-state index in [1.807, 2.05) is 36.4 Å². The van der Waals surface area contributed by atoms with Gasteiger partial charge in [-0.15, -0.1) is 0 Å². The van der Waals surface area contributed by atoms with Gasteiger partial charge in [-0.1, -0.05) is 60.7 Å². The maximum absolute atomic E-state index is 7.82. The predicted molar refractivity (Wildman–Crippen MR) is 93.4 cm³/mol. The van der Waals surface area contributed by atoms with E-state index in [1.54, 1.807) is 4.90 Å². The van der Waals surface area contributed by atoms with Crippen molar-refractivity contribution in [2.45, 2.75) is 50.0 Å². The Morgan fingerprint density at radius 1 is 0.913 bits per heavy atom. The zero-order valence-corrected chi connectivity index (χ0v) is 13.3. The molecule has 0 aliphatic carbocycles. The van der Waals surface area contributed by atoms with Gasteiger partial charge in [0.15, 0.2) is 0 Å². The van der Waals surface area contributed by atoms with Gasteiger partial charge in [-0.05, 0) is 43.8 Å². The zero-order chi connectivity index (χ0) is 18.1. The molecule has 2 heteroatoms. The minimum absolute atomic E-state index is 0.0940. The Morgan fingerprint density at radius 2 is 1.43 bits per heavy atom. The molecule has 2 aliphatic heterocycles. The fraction of sp³-hybridized carbons (Fsp3) is 0.429. The monoisotopic (exact) mass is 311 g/mol. The molecule has 2 aromatic rings. The first-order valence-electron chi connectivity index (χ1n) is 10.1. The molecular weight excluding hydrogens is 283 g/mol. The van der Waals surface area contributed by atoms with Gasteiger partial charge >= 0.3 is 0 Å². The summed E-state index contributed by atoms with van der Waals surface area (Å²) in [6.45, 7) is -1.99. The summed E-state index contributed by atoms with van der Waals surface area (Å²) in [6.07, 6.45) is 3.50. The Balaban J connectivity index is 1.55. The number of nitrogens with zero attached hydrogens (tertiary/aromatic N) is 1. The fourth-order valence-electron chi connectivity index (χ4n) is 4.04. The van der Waals surface area contributed by atoms with Crippen molar-refractivity contribution in [3.63, 3.8) is 0 Å². The second kappa shape index (κ2) is 6.46. The highest BCUT2D eigenvalue weighted by Crippen LogP contribution is 2.38. The van der Waals surface area contributed by atoms with Crippen LogP contribution in [0.1, 0.15) is 47.0 Å². The van der Waals surface area contributed by atoms with Crippen LogP contribution in [0.15, 0.2) is 60.7 Å². The third-order valence-electron chi connectivity index (χ3n) is 5.22. The highest BCUT2D eigenvalue weighted by atomic mass is 16.5. The van der Waals surface area contributed by atoms with Gasteiger partial charge in [0.1, 0.15) is 6.10 Å². The van der Waals surface area contributed by atoms with Gasteiger partial charge in [-0.3, -0.25) is 0 Å². The van der Waals surface area contributed by atoms with E-state index in [4.69, 9.17) is 8.85 Å². The highest BCUT2D eigenvalue weighted by molar-refractivity contribution is 5.30. The first-order chi connectivity index (χ1) is 12.5. The van der Waals surface area contributed by atoms with E-state index < -0.39 is 6.98 Å². The maximum atomic E-state index is 7.82. The van der Waals surface area contributed by atoms with Crippen LogP contribution in [0, 0.1) is 0 Å². The lowest BCUT2D eigenvalue weighted by Crippen LogP contribution is -2.43. The molecule has 2 nitrogen and oxygen atoms in total. The van der Waals surface area contributed by atoms with Crippen LogP contribution in [0.2, 0.25) is 0 Å². The van der Waals surface area contributed by atoms with Crippen LogP contribution in [-0.2, 0) is 4.74 Å². The van der Waals surface area contributed by atoms with Crippen molar-refractivity contribution in [2.75, 3.05) is 6.98 Å². The van der Waals surface area contributed by atoms with Gasteiger partial charge in [0.25, 0.3) is 0 Å². The van der Waals surface area contributed by atoms with E-state index in [9.17, 15) is 0 Å². The number of rotatable bonds is 4. The minimum Gasteiger partial charge on any atom is -0.365 e. The number of hydrogen-bond acceptors (Lipinski definition) is 2. The summed E-state index contributed by atoms with van der Waals surface area (Å²) < 4.78 is 30.1. The average molecular weight is 311 g/mol. The van der Waals surface area contributed by atoms with E-state index >= 15 is 0 Å². The molecule has 0 radical (unpaired) electrons. The lowest BCUT2D eigenvalue weighted by atomic mass is 9.98. The summed E-state index contributed by atoms with van der Waals surface area (Å²) in [4.78, 5) is 1.76. The second-order valence-electron chi connectivity index (χ2n) is 6.72. The Bertz CT molecular complexity index is 666. The van der Waals surface area contributed by atoms with Crippen molar-refractivity contribution >= 4 is 0 Å². The SMILES string of the molecule is [2H][13C]([2H])([2H])N1[C@@H]2CC[C@H]1CC(OC(c1ccccc1)c1ccccc1)C2. The third-order valence-corrected chi connectivity index (χ3v) is 5.22. The molecule has 4 rings (SSSR count). The van der Waals surface area contributed by atoms with E-state index in [0.29, 0.717) is 0 Å². The minimum atomic E-state index is -1.99. The number of fused-ring (bicyclic) bond motifs is 2. The molecule has 0 amide bonds. The molecule has 2 saturated heterocycles. The quantitative estimate of drug-likeness (QED) is 0.775. The summed E-state index contributed by atoms with van der Waals surface area (Å²) >= 11 is 0. The molecule has 2 bridgehead atoms. The molecule has 2 aliphatic rings. The van der Waals surface area contributed by atoms with Crippen LogP contribution in [0.3, 0.4) is 0 Å². The third kappa shape index (κ3) is 3.06. The van der Waals surface area contributed by atoms with Crippen molar-refractivity contribution in [1.82, 2.24) is 4.90 Å². The predicted octanol–water partition coefficient (Wildman–Crippen LogP) is 4.42. The number of hydrogen-bond donors (Lipinski definition) is 0. The molecule has 2 heterocycles. The molecule has 1 unspecified atom stereocenters. The first kappa shape index (κ1) is 11.8. The lowest BCUT2D eigenvalue weighted by molar-refractivity contribution is -0.0426. The topological polar surface area (TPSA) is 12.5 Å². The molecule has 0 aromatic heterocycles. The Morgan fingerprint density at radius 3 is 1.91 bits per heavy atom. The molecule has 0 saturated carbocycles. The second-order valence-corrected chi connectivity index (χ2v) is 6.72. The first-order valence-corrected chi connectivity index (χ1v) is 8.56. The van der Waals surface area contributed by atoms with Crippen LogP contribution in [0.4, 0.5) is 0 Å². The summed E-state index contributed by atoms with van der Waals surface area (Å²) in [6, 6.07) is 20.8. The molecule has 2 aromatic carbocycles. The maximum Gasteiger partial charge on any atom is 0.108 e. The normalized spacial score (nSPS) is 30.0. The summed E-state index contributed by atoms with van der Waals surface area (Å²) in [5.74, 6) is 0. The van der Waals surface area contributed by atoms with Crippen molar-refractivity contribution in [2.24, 2.45) is 0 Å². The Labute approximate surface area is 143 Å². The molecule has 0 N–H and O–H groups in total. The summed E-state index contributed by atoms with van der Waals surface area (Å²) in [5, 5.41) is 0. The van der Waals surface area contributed by atoms with Crippen molar-refractivity contribution in [3.8, 4) is 0 Å². The van der Waals surface area contributed by atoms with Gasteiger partial charge in [-0.25, -0.2) is 0 Å². The number of benzene rings is 2. The zero-order valence-electron chi connectivity index (χ0n) is 16.3. The smallest absolute Gasteiger partial charge is 0.108 e. The average Bonchev–Trinajstić information content (AvgIpc) is 2.93. The van der Waals surface area contributed by atoms with E-state index in [-0.39, 0.29) is 24.3 Å². The van der Waals surface area contributed by atoms with Crippen LogP contribution in [-0.4, -0.2) is 30.1 Å². The van der Waals surface area contributed by atoms with E-state index in [1.165, 1.54) is 0 Å². The van der Waals surface area contributed by atoms with Gasteiger partial charge in [-0.2, -0.15) is 0 Å². The Hall–Kier alpha value is -1.64. The van der Waals surface area contributed by atoms with E-state index in [0.717, 1.165) is 36.8 Å². The Kier molecular flexibility index (Phi) is 3.32. The summed E-state index contributed by atoms with van der Waals surface area (Å²) in [7, 11) is 0.